The highest BCUT2D eigenvalue weighted by molar-refractivity contribution is 6.24. The number of anilines is 1. The van der Waals surface area contributed by atoms with Crippen molar-refractivity contribution < 1.29 is 24.0 Å². The third kappa shape index (κ3) is 6.51. The van der Waals surface area contributed by atoms with Crippen molar-refractivity contribution in [1.82, 2.24) is 5.06 Å². The summed E-state index contributed by atoms with van der Waals surface area (Å²) in [5.41, 5.74) is 4.23. The quantitative estimate of drug-likeness (QED) is 0.180. The Morgan fingerprint density at radius 1 is 0.826 bits per heavy atom. The fourth-order valence-electron chi connectivity index (χ4n) is 6.56. The van der Waals surface area contributed by atoms with E-state index in [1.165, 1.54) is 5.06 Å². The summed E-state index contributed by atoms with van der Waals surface area (Å²) < 4.78 is 5.53. The number of nitrogens with one attached hydrogen (secondary N) is 1. The minimum absolute atomic E-state index is 0.0208. The van der Waals surface area contributed by atoms with Crippen molar-refractivity contribution in [3.05, 3.63) is 129 Å². The van der Waals surface area contributed by atoms with E-state index in [-0.39, 0.29) is 30.1 Å². The average molecular weight is 615 g/mol. The second kappa shape index (κ2) is 14.0. The maximum atomic E-state index is 14.0. The lowest BCUT2D eigenvalue weighted by Gasteiger charge is -2.27. The zero-order valence-corrected chi connectivity index (χ0v) is 26.3. The van der Waals surface area contributed by atoms with Gasteiger partial charge in [0.05, 0.1) is 6.61 Å². The van der Waals surface area contributed by atoms with Crippen LogP contribution in [0.4, 0.5) is 5.69 Å². The lowest BCUT2D eigenvalue weighted by molar-refractivity contribution is -0.183. The average Bonchev–Trinajstić information content (AvgIpc) is 3.09. The molecule has 0 aromatic heterocycles. The van der Waals surface area contributed by atoms with Crippen LogP contribution in [0.5, 0.6) is 5.75 Å². The number of amides is 2. The monoisotopic (exact) mass is 614 g/mol. The number of fused-ring (bicyclic) bond motifs is 4. The van der Waals surface area contributed by atoms with Crippen LogP contribution in [0.1, 0.15) is 60.5 Å². The van der Waals surface area contributed by atoms with Crippen LogP contribution in [0.15, 0.2) is 91.0 Å². The third-order valence-corrected chi connectivity index (χ3v) is 8.60. The van der Waals surface area contributed by atoms with E-state index in [4.69, 9.17) is 9.57 Å². The summed E-state index contributed by atoms with van der Waals surface area (Å²) in [5.74, 6) is 0.136. The van der Waals surface area contributed by atoms with E-state index in [9.17, 15) is 14.4 Å². The van der Waals surface area contributed by atoms with E-state index >= 15 is 0 Å². The van der Waals surface area contributed by atoms with Crippen molar-refractivity contribution in [3.63, 3.8) is 0 Å². The van der Waals surface area contributed by atoms with Gasteiger partial charge in [0, 0.05) is 35.7 Å². The number of carbonyl (C=O) groups is 3. The molecule has 4 aromatic rings. The summed E-state index contributed by atoms with van der Waals surface area (Å²) in [6.45, 7) is 4.59. The molecule has 7 heteroatoms. The fourth-order valence-corrected chi connectivity index (χ4v) is 6.56. The zero-order valence-electron chi connectivity index (χ0n) is 26.3. The molecule has 0 heterocycles. The molecule has 0 fully saturated rings. The lowest BCUT2D eigenvalue weighted by atomic mass is 9.79. The number of hydroxylamine groups is 2. The van der Waals surface area contributed by atoms with E-state index in [0.29, 0.717) is 43.0 Å². The Hall–Kier alpha value is -5.01. The van der Waals surface area contributed by atoms with Gasteiger partial charge in [0.2, 0.25) is 5.91 Å². The molecule has 7 nitrogen and oxygen atoms in total. The summed E-state index contributed by atoms with van der Waals surface area (Å²) in [4.78, 5) is 45.4. The maximum Gasteiger partial charge on any atom is 0.262 e. The largest absolute Gasteiger partial charge is 0.484 e. The van der Waals surface area contributed by atoms with E-state index < -0.39 is 0 Å². The van der Waals surface area contributed by atoms with E-state index in [1.807, 2.05) is 44.2 Å². The number of hydrogen-bond acceptors (Lipinski definition) is 5. The molecule has 234 valence electrons. The minimum atomic E-state index is -0.280. The number of nitrogens with zero attached hydrogens (tertiary/aromatic N) is 1. The van der Waals surface area contributed by atoms with Crippen molar-refractivity contribution in [1.29, 1.82) is 0 Å². The molecule has 0 spiro atoms. The molecule has 2 amide bonds. The SMILES string of the molecule is CCON(CC)C(=O)CC1C=c2ccccc2=c2ccc3c(c21)CCCC=3C(=O)c1ccc(NC(=O)COc2ccccc2)cc1. The predicted octanol–water partition coefficient (Wildman–Crippen LogP) is 5.43. The molecule has 2 aliphatic rings. The smallest absolute Gasteiger partial charge is 0.262 e. The Morgan fingerprint density at radius 2 is 1.57 bits per heavy atom. The Bertz CT molecular complexity index is 1990. The van der Waals surface area contributed by atoms with Gasteiger partial charge in [-0.2, -0.15) is 0 Å². The van der Waals surface area contributed by atoms with Gasteiger partial charge in [-0.3, -0.25) is 19.2 Å². The van der Waals surface area contributed by atoms with Gasteiger partial charge >= 0.3 is 0 Å². The Balaban J connectivity index is 1.31. The molecule has 1 atom stereocenters. The number of ether oxygens (including phenoxy) is 1. The molecule has 0 aliphatic heterocycles. The first-order valence-electron chi connectivity index (χ1n) is 16.0. The molecule has 0 bridgehead atoms. The molecule has 2 aliphatic carbocycles. The van der Waals surface area contributed by atoms with Gasteiger partial charge in [-0.15, -0.1) is 0 Å². The third-order valence-electron chi connectivity index (χ3n) is 8.60. The molecule has 0 saturated heterocycles. The Morgan fingerprint density at radius 3 is 2.33 bits per heavy atom. The summed E-state index contributed by atoms with van der Waals surface area (Å²) in [6, 6.07) is 28.7. The van der Waals surface area contributed by atoms with Gasteiger partial charge < -0.3 is 10.1 Å². The van der Waals surface area contributed by atoms with Gasteiger partial charge in [0.15, 0.2) is 12.4 Å². The summed E-state index contributed by atoms with van der Waals surface area (Å²) in [5, 5.41) is 8.63. The van der Waals surface area contributed by atoms with Crippen LogP contribution in [0, 0.1) is 10.4 Å². The van der Waals surface area contributed by atoms with Gasteiger partial charge in [-0.05, 0) is 102 Å². The van der Waals surface area contributed by atoms with Crippen molar-refractivity contribution in [2.75, 3.05) is 25.1 Å². The highest BCUT2D eigenvalue weighted by Crippen LogP contribution is 2.32. The van der Waals surface area contributed by atoms with Crippen LogP contribution >= 0.6 is 0 Å². The van der Waals surface area contributed by atoms with E-state index in [2.05, 4.69) is 35.7 Å². The van der Waals surface area contributed by atoms with Gasteiger partial charge in [-0.1, -0.05) is 60.7 Å². The second-order valence-corrected chi connectivity index (χ2v) is 11.5. The van der Waals surface area contributed by atoms with Crippen LogP contribution in [0.2, 0.25) is 0 Å². The molecule has 0 radical (unpaired) electrons. The maximum absolute atomic E-state index is 14.0. The highest BCUT2D eigenvalue weighted by atomic mass is 16.7. The summed E-state index contributed by atoms with van der Waals surface area (Å²) in [6.07, 6.45) is 4.86. The summed E-state index contributed by atoms with van der Waals surface area (Å²) in [7, 11) is 0. The van der Waals surface area contributed by atoms with Crippen molar-refractivity contribution >= 4 is 34.9 Å². The number of para-hydroxylation sites is 1. The van der Waals surface area contributed by atoms with Crippen LogP contribution in [0.3, 0.4) is 0 Å². The second-order valence-electron chi connectivity index (χ2n) is 11.5. The van der Waals surface area contributed by atoms with Gasteiger partial charge in [0.25, 0.3) is 5.91 Å². The predicted molar refractivity (Wildman–Crippen MR) is 178 cm³/mol. The standard InChI is InChI=1S/C39H38N2O5/c1-3-41(46-4-2)37(43)24-28-23-27-11-8-9-14-31(27)34-22-21-32-33(38(28)34)15-10-16-35(32)39(44)26-17-19-29(20-18-26)40-36(42)25-45-30-12-6-5-7-13-30/h5-9,11-14,17-23,28H,3-4,10,15-16,24-25H2,1-2H3,(H,40,42). The molecule has 1 N–H and O–H groups in total. The van der Waals surface area contributed by atoms with Crippen LogP contribution in [-0.2, 0) is 20.8 Å². The normalized spacial score (nSPS) is 14.7. The fraction of sp³-hybridized carbons (Fsp3) is 0.256. The Labute approximate surface area is 268 Å². The van der Waals surface area contributed by atoms with Crippen LogP contribution in [-0.4, -0.2) is 42.4 Å². The van der Waals surface area contributed by atoms with E-state index in [0.717, 1.165) is 50.4 Å². The van der Waals surface area contributed by atoms with E-state index in [1.54, 1.807) is 36.4 Å². The molecule has 0 saturated carbocycles. The molecule has 6 rings (SSSR count). The lowest BCUT2D eigenvalue weighted by Crippen LogP contribution is -2.33. The molecule has 46 heavy (non-hydrogen) atoms. The number of benzene rings is 4. The number of Topliss-reactive ketones (excluding diaryl/α,β-unsaturated/α-hetero) is 1. The zero-order chi connectivity index (χ0) is 32.0. The van der Waals surface area contributed by atoms with Gasteiger partial charge in [0.1, 0.15) is 5.75 Å². The number of rotatable bonds is 11. The number of ketones is 1. The topological polar surface area (TPSA) is 84.9 Å². The number of carbonyl (C=O) groups excluding carboxylic acids is 3. The molecule has 1 unspecified atom stereocenters. The van der Waals surface area contributed by atoms with Gasteiger partial charge in [-0.25, -0.2) is 5.06 Å². The number of hydrogen-bond donors (Lipinski definition) is 1. The highest BCUT2D eigenvalue weighted by Gasteiger charge is 2.27. The van der Waals surface area contributed by atoms with Crippen molar-refractivity contribution in [3.8, 4) is 5.75 Å². The molecular weight excluding hydrogens is 576 g/mol. The molecular formula is C39H38N2O5. The van der Waals surface area contributed by atoms with Crippen LogP contribution in [0.25, 0.3) is 11.6 Å². The van der Waals surface area contributed by atoms with Crippen molar-refractivity contribution in [2.45, 2.75) is 45.4 Å². The Kier molecular flexibility index (Phi) is 9.41. The first kappa shape index (κ1) is 31.0. The first-order chi connectivity index (χ1) is 22.5. The van der Waals surface area contributed by atoms with Crippen LogP contribution < -0.4 is 20.5 Å². The first-order valence-corrected chi connectivity index (χ1v) is 16.0. The van der Waals surface area contributed by atoms with Crippen molar-refractivity contribution in [2.24, 2.45) is 0 Å². The molecule has 4 aromatic carbocycles. The summed E-state index contributed by atoms with van der Waals surface area (Å²) >= 11 is 0. The minimum Gasteiger partial charge on any atom is -0.484 e.